The molecule has 2 amide bonds. The molecular weight excluding hydrogens is 354 g/mol. The van der Waals surface area contributed by atoms with Crippen LogP contribution in [0.1, 0.15) is 23.8 Å². The lowest BCUT2D eigenvalue weighted by Crippen LogP contribution is -2.47. The standard InChI is InChI=1S/C22H25N3O3/c1-3-23-10-12-24(13-11-23)20-19(17-8-6-16(2)7-9-17)21(26)25(22(20)27)15-18-5-4-14-28-18/h4-9,14H,3,10-13,15H2,1-2H3. The average molecular weight is 379 g/mol. The number of amides is 2. The number of carbonyl (C=O) groups excluding carboxylic acids is 2. The summed E-state index contributed by atoms with van der Waals surface area (Å²) >= 11 is 0. The Morgan fingerprint density at radius 3 is 2.29 bits per heavy atom. The van der Waals surface area contributed by atoms with Gasteiger partial charge in [0.25, 0.3) is 11.8 Å². The Kier molecular flexibility index (Phi) is 5.05. The molecule has 1 aromatic heterocycles. The SMILES string of the molecule is CCN1CCN(C2=C(c3ccc(C)cc3)C(=O)N(Cc3ccco3)C2=O)CC1. The fourth-order valence-electron chi connectivity index (χ4n) is 3.83. The molecule has 0 unspecified atom stereocenters. The second-order valence-corrected chi connectivity index (χ2v) is 7.29. The highest BCUT2D eigenvalue weighted by atomic mass is 16.3. The Morgan fingerprint density at radius 1 is 0.964 bits per heavy atom. The maximum absolute atomic E-state index is 13.3. The van der Waals surface area contributed by atoms with Crippen molar-refractivity contribution >= 4 is 17.4 Å². The van der Waals surface area contributed by atoms with E-state index in [4.69, 9.17) is 4.42 Å². The van der Waals surface area contributed by atoms with Crippen LogP contribution in [0.2, 0.25) is 0 Å². The summed E-state index contributed by atoms with van der Waals surface area (Å²) in [6.07, 6.45) is 1.56. The number of carbonyl (C=O) groups is 2. The molecule has 0 aliphatic carbocycles. The molecule has 146 valence electrons. The molecule has 0 saturated carbocycles. The van der Waals surface area contributed by atoms with Crippen LogP contribution in [-0.4, -0.2) is 59.2 Å². The zero-order valence-corrected chi connectivity index (χ0v) is 16.4. The molecule has 0 bridgehead atoms. The van der Waals surface area contributed by atoms with E-state index in [9.17, 15) is 9.59 Å². The van der Waals surface area contributed by atoms with Crippen molar-refractivity contribution in [2.45, 2.75) is 20.4 Å². The van der Waals surface area contributed by atoms with Gasteiger partial charge in [-0.05, 0) is 31.2 Å². The van der Waals surface area contributed by atoms with Crippen molar-refractivity contribution in [2.24, 2.45) is 0 Å². The van der Waals surface area contributed by atoms with Gasteiger partial charge < -0.3 is 14.2 Å². The lowest BCUT2D eigenvalue weighted by Gasteiger charge is -2.35. The summed E-state index contributed by atoms with van der Waals surface area (Å²) < 4.78 is 5.37. The van der Waals surface area contributed by atoms with Gasteiger partial charge in [-0.25, -0.2) is 0 Å². The molecule has 2 aliphatic heterocycles. The summed E-state index contributed by atoms with van der Waals surface area (Å²) in [7, 11) is 0. The number of rotatable bonds is 5. The number of imide groups is 1. The maximum Gasteiger partial charge on any atom is 0.278 e. The molecule has 0 N–H and O–H groups in total. The van der Waals surface area contributed by atoms with Gasteiger partial charge in [0, 0.05) is 26.2 Å². The molecule has 0 atom stereocenters. The number of hydrogen-bond acceptors (Lipinski definition) is 5. The molecule has 1 aromatic carbocycles. The molecular formula is C22H25N3O3. The van der Waals surface area contributed by atoms with Crippen molar-refractivity contribution in [1.82, 2.24) is 14.7 Å². The third-order valence-corrected chi connectivity index (χ3v) is 5.51. The molecule has 3 heterocycles. The first-order valence-electron chi connectivity index (χ1n) is 9.75. The maximum atomic E-state index is 13.3. The Hall–Kier alpha value is -2.86. The summed E-state index contributed by atoms with van der Waals surface area (Å²) in [5, 5.41) is 0. The average Bonchev–Trinajstić information content (AvgIpc) is 3.31. The van der Waals surface area contributed by atoms with E-state index in [0.29, 0.717) is 17.0 Å². The fraction of sp³-hybridized carbons (Fsp3) is 0.364. The van der Waals surface area contributed by atoms with Crippen LogP contribution in [0.25, 0.3) is 5.57 Å². The van der Waals surface area contributed by atoms with Gasteiger partial charge >= 0.3 is 0 Å². The predicted octanol–water partition coefficient (Wildman–Crippen LogP) is 2.51. The zero-order chi connectivity index (χ0) is 19.7. The lowest BCUT2D eigenvalue weighted by molar-refractivity contribution is -0.138. The largest absolute Gasteiger partial charge is 0.467 e. The van der Waals surface area contributed by atoms with E-state index < -0.39 is 0 Å². The molecule has 4 rings (SSSR count). The molecule has 0 radical (unpaired) electrons. The van der Waals surface area contributed by atoms with Crippen molar-refractivity contribution in [2.75, 3.05) is 32.7 Å². The van der Waals surface area contributed by atoms with Gasteiger partial charge in [-0.2, -0.15) is 0 Å². The molecule has 6 heteroatoms. The molecule has 2 aromatic rings. The lowest BCUT2D eigenvalue weighted by atomic mass is 10.0. The topological polar surface area (TPSA) is 57.0 Å². The van der Waals surface area contributed by atoms with Gasteiger partial charge in [0.1, 0.15) is 11.5 Å². The Labute approximate surface area is 165 Å². The number of hydrogen-bond donors (Lipinski definition) is 0. The normalized spacial score (nSPS) is 18.5. The van der Waals surface area contributed by atoms with Gasteiger partial charge in [-0.3, -0.25) is 14.5 Å². The van der Waals surface area contributed by atoms with Crippen LogP contribution in [0.5, 0.6) is 0 Å². The Balaban J connectivity index is 1.70. The molecule has 1 fully saturated rings. The monoisotopic (exact) mass is 379 g/mol. The smallest absolute Gasteiger partial charge is 0.278 e. The van der Waals surface area contributed by atoms with Gasteiger partial charge in [-0.15, -0.1) is 0 Å². The van der Waals surface area contributed by atoms with E-state index in [2.05, 4.69) is 16.7 Å². The summed E-state index contributed by atoms with van der Waals surface area (Å²) in [4.78, 5) is 32.3. The molecule has 2 aliphatic rings. The van der Waals surface area contributed by atoms with Crippen LogP contribution < -0.4 is 0 Å². The third kappa shape index (κ3) is 3.36. The number of likely N-dealkylation sites (N-methyl/N-ethyl adjacent to an activating group) is 1. The highest BCUT2D eigenvalue weighted by Crippen LogP contribution is 2.33. The minimum absolute atomic E-state index is 0.151. The number of piperazine rings is 1. The quantitative estimate of drug-likeness (QED) is 0.747. The number of nitrogens with zero attached hydrogens (tertiary/aromatic N) is 3. The summed E-state index contributed by atoms with van der Waals surface area (Å²) in [6.45, 7) is 8.56. The van der Waals surface area contributed by atoms with E-state index in [1.165, 1.54) is 4.90 Å². The van der Waals surface area contributed by atoms with Crippen molar-refractivity contribution in [3.63, 3.8) is 0 Å². The van der Waals surface area contributed by atoms with Crippen LogP contribution in [0.15, 0.2) is 52.8 Å². The third-order valence-electron chi connectivity index (χ3n) is 5.51. The Morgan fingerprint density at radius 2 is 1.68 bits per heavy atom. The highest BCUT2D eigenvalue weighted by molar-refractivity contribution is 6.35. The van der Waals surface area contributed by atoms with E-state index in [-0.39, 0.29) is 18.4 Å². The zero-order valence-electron chi connectivity index (χ0n) is 16.4. The van der Waals surface area contributed by atoms with Crippen LogP contribution in [-0.2, 0) is 16.1 Å². The van der Waals surface area contributed by atoms with Gasteiger partial charge in [0.15, 0.2) is 0 Å². The first-order chi connectivity index (χ1) is 13.6. The number of furan rings is 1. The first kappa shape index (κ1) is 18.5. The molecule has 0 spiro atoms. The Bertz CT molecular complexity index is 892. The second-order valence-electron chi connectivity index (χ2n) is 7.29. The molecule has 6 nitrogen and oxygen atoms in total. The predicted molar refractivity (Wildman–Crippen MR) is 106 cm³/mol. The summed E-state index contributed by atoms with van der Waals surface area (Å²) in [5.41, 5.74) is 2.93. The van der Waals surface area contributed by atoms with Gasteiger partial charge in [-0.1, -0.05) is 36.8 Å². The highest BCUT2D eigenvalue weighted by Gasteiger charge is 2.42. The van der Waals surface area contributed by atoms with Crippen LogP contribution in [0.4, 0.5) is 0 Å². The van der Waals surface area contributed by atoms with Crippen molar-refractivity contribution in [3.8, 4) is 0 Å². The van der Waals surface area contributed by atoms with E-state index in [1.54, 1.807) is 18.4 Å². The second kappa shape index (κ2) is 7.64. The van der Waals surface area contributed by atoms with Gasteiger partial charge in [0.05, 0.1) is 18.4 Å². The fourth-order valence-corrected chi connectivity index (χ4v) is 3.83. The number of benzene rings is 1. The summed E-state index contributed by atoms with van der Waals surface area (Å²) in [6, 6.07) is 11.3. The first-order valence-corrected chi connectivity index (χ1v) is 9.75. The molecule has 28 heavy (non-hydrogen) atoms. The minimum Gasteiger partial charge on any atom is -0.467 e. The van der Waals surface area contributed by atoms with Gasteiger partial charge in [0.2, 0.25) is 0 Å². The molecule has 1 saturated heterocycles. The summed E-state index contributed by atoms with van der Waals surface area (Å²) in [5.74, 6) is 0.113. The van der Waals surface area contributed by atoms with E-state index >= 15 is 0 Å². The van der Waals surface area contributed by atoms with E-state index in [0.717, 1.165) is 43.9 Å². The van der Waals surface area contributed by atoms with Crippen LogP contribution >= 0.6 is 0 Å². The van der Waals surface area contributed by atoms with Crippen molar-refractivity contribution in [1.29, 1.82) is 0 Å². The number of aryl methyl sites for hydroxylation is 1. The van der Waals surface area contributed by atoms with Crippen LogP contribution in [0.3, 0.4) is 0 Å². The van der Waals surface area contributed by atoms with Crippen molar-refractivity contribution < 1.29 is 14.0 Å². The minimum atomic E-state index is -0.252. The van der Waals surface area contributed by atoms with Crippen molar-refractivity contribution in [3.05, 3.63) is 65.2 Å². The van der Waals surface area contributed by atoms with Crippen LogP contribution in [0, 0.1) is 6.92 Å². The van der Waals surface area contributed by atoms with E-state index in [1.807, 2.05) is 31.2 Å².